The van der Waals surface area contributed by atoms with Crippen molar-refractivity contribution in [3.8, 4) is 11.3 Å². The molecule has 1 saturated heterocycles. The second-order valence-electron chi connectivity index (χ2n) is 8.20. The molecule has 0 radical (unpaired) electrons. The number of aliphatic carboxylic acids is 2. The number of nitrogens with one attached hydrogen (secondary N) is 2. The number of hydrogen-bond acceptors (Lipinski definition) is 8. The van der Waals surface area contributed by atoms with Gasteiger partial charge in [-0.2, -0.15) is 5.10 Å². The van der Waals surface area contributed by atoms with Crippen molar-refractivity contribution in [1.29, 1.82) is 0 Å². The highest BCUT2D eigenvalue weighted by atomic mass is 16.4. The summed E-state index contributed by atoms with van der Waals surface area (Å²) in [5, 5.41) is 43.2. The van der Waals surface area contributed by atoms with Crippen molar-refractivity contribution >= 4 is 17.8 Å². The Balaban J connectivity index is 0.000000308. The van der Waals surface area contributed by atoms with Crippen LogP contribution in [0.5, 0.6) is 0 Å². The van der Waals surface area contributed by atoms with E-state index in [1.807, 2.05) is 31.3 Å². The Morgan fingerprint density at radius 1 is 1.11 bits per heavy atom. The molecule has 12 nitrogen and oxygen atoms in total. The summed E-state index contributed by atoms with van der Waals surface area (Å²) in [4.78, 5) is 32.2. The molecule has 1 aliphatic rings. The molecule has 192 valence electrons. The van der Waals surface area contributed by atoms with Crippen LogP contribution in [0.2, 0.25) is 0 Å². The molecule has 4 atom stereocenters. The molecule has 0 spiro atoms. The number of carboxylic acid groups (broad SMARTS) is 2. The maximum atomic E-state index is 12.7. The van der Waals surface area contributed by atoms with Gasteiger partial charge in [0.25, 0.3) is 5.91 Å². The molecule has 2 unspecified atom stereocenters. The minimum atomic E-state index is -2.27. The fraction of sp³-hybridized carbons (Fsp3) is 0.333. The number of carbonyl (C=O) groups excluding carboxylic acids is 1. The Hall–Kier alpha value is -4.00. The van der Waals surface area contributed by atoms with E-state index >= 15 is 0 Å². The van der Waals surface area contributed by atoms with Crippen molar-refractivity contribution in [2.75, 3.05) is 13.1 Å². The molecule has 0 bridgehead atoms. The Kier molecular flexibility index (Phi) is 8.95. The maximum Gasteiger partial charge on any atom is 0.335 e. The van der Waals surface area contributed by atoms with Gasteiger partial charge in [0, 0.05) is 37.3 Å². The molecule has 3 heterocycles. The van der Waals surface area contributed by atoms with Crippen LogP contribution in [-0.2, 0) is 16.6 Å². The number of aryl methyl sites for hydroxylation is 1. The molecule has 1 aliphatic heterocycles. The number of aliphatic hydroxyl groups is 2. The lowest BCUT2D eigenvalue weighted by atomic mass is 9.86. The zero-order chi connectivity index (χ0) is 26.2. The number of nitrogens with zero attached hydrogens (tertiary/aromatic N) is 2. The third-order valence-corrected chi connectivity index (χ3v) is 5.77. The molecule has 0 saturated carbocycles. The van der Waals surface area contributed by atoms with Crippen LogP contribution in [0.25, 0.3) is 11.3 Å². The fourth-order valence-electron chi connectivity index (χ4n) is 3.87. The second-order valence-corrected chi connectivity index (χ2v) is 8.20. The van der Waals surface area contributed by atoms with E-state index < -0.39 is 24.1 Å². The number of carbonyl (C=O) groups is 3. The predicted octanol–water partition coefficient (Wildman–Crippen LogP) is 0.433. The quantitative estimate of drug-likeness (QED) is 0.266. The van der Waals surface area contributed by atoms with Gasteiger partial charge in [-0.05, 0) is 30.7 Å². The maximum absolute atomic E-state index is 12.7. The van der Waals surface area contributed by atoms with Crippen molar-refractivity contribution in [3.63, 3.8) is 0 Å². The van der Waals surface area contributed by atoms with Gasteiger partial charge in [-0.15, -0.1) is 0 Å². The third kappa shape index (κ3) is 6.56. The van der Waals surface area contributed by atoms with Crippen molar-refractivity contribution in [1.82, 2.24) is 20.4 Å². The van der Waals surface area contributed by atoms with Crippen LogP contribution in [0.4, 0.5) is 0 Å². The van der Waals surface area contributed by atoms with Gasteiger partial charge in [0.2, 0.25) is 0 Å². The first kappa shape index (κ1) is 26.6. The Morgan fingerprint density at radius 3 is 2.36 bits per heavy atom. The molecule has 1 fully saturated rings. The van der Waals surface area contributed by atoms with Crippen LogP contribution in [-0.4, -0.2) is 79.4 Å². The summed E-state index contributed by atoms with van der Waals surface area (Å²) in [5.74, 6) is -3.11. The molecule has 1 amide bonds. The molecular weight excluding hydrogens is 472 g/mol. The number of aromatic nitrogens is 2. The van der Waals surface area contributed by atoms with Gasteiger partial charge in [0.05, 0.1) is 5.69 Å². The number of rotatable bonds is 7. The van der Waals surface area contributed by atoms with Gasteiger partial charge in [-0.3, -0.25) is 9.48 Å². The number of benzene rings is 1. The van der Waals surface area contributed by atoms with Crippen LogP contribution in [0.15, 0.2) is 59.3 Å². The van der Waals surface area contributed by atoms with Crippen molar-refractivity contribution < 1.29 is 39.2 Å². The standard InChI is InChI=1S/C20H22N4O2.C4H6O6/c1-24-18(8-10-22-24)15-11-19(26-13-15)20(25)23-17-12-21-9-7-16(17)14-5-3-2-4-6-14;5-1(3(7)8)2(6)4(9)10/h2-6,8,10-11,13,16-17,21H,7,9,12H2,1H3,(H,23,25);1-2,5-6H,(H,7,8)(H,9,10)/t;1-,2-/m.1/s1. The minimum Gasteiger partial charge on any atom is -0.479 e. The predicted molar refractivity (Wildman–Crippen MR) is 126 cm³/mol. The van der Waals surface area contributed by atoms with Crippen LogP contribution in [0.1, 0.15) is 28.5 Å². The zero-order valence-electron chi connectivity index (χ0n) is 19.4. The highest BCUT2D eigenvalue weighted by Gasteiger charge is 2.30. The van der Waals surface area contributed by atoms with E-state index in [0.29, 0.717) is 11.7 Å². The first-order valence-electron chi connectivity index (χ1n) is 11.1. The number of amides is 1. The number of aliphatic hydroxyl groups excluding tert-OH is 2. The average molecular weight is 501 g/mol. The Bertz CT molecular complexity index is 1160. The van der Waals surface area contributed by atoms with Crippen molar-refractivity contribution in [2.45, 2.75) is 30.6 Å². The fourth-order valence-corrected chi connectivity index (χ4v) is 3.87. The van der Waals surface area contributed by atoms with Crippen molar-refractivity contribution in [2.24, 2.45) is 7.05 Å². The van der Waals surface area contributed by atoms with E-state index in [2.05, 4.69) is 27.9 Å². The lowest BCUT2D eigenvalue weighted by molar-refractivity contribution is -0.165. The Labute approximate surface area is 206 Å². The molecule has 3 aromatic rings. The van der Waals surface area contributed by atoms with E-state index in [1.54, 1.807) is 23.2 Å². The molecule has 1 aromatic carbocycles. The van der Waals surface area contributed by atoms with E-state index in [1.165, 1.54) is 5.56 Å². The van der Waals surface area contributed by atoms with Gasteiger partial charge < -0.3 is 35.5 Å². The smallest absolute Gasteiger partial charge is 0.335 e. The lowest BCUT2D eigenvalue weighted by Gasteiger charge is -2.33. The largest absolute Gasteiger partial charge is 0.479 e. The minimum absolute atomic E-state index is 0.0314. The summed E-state index contributed by atoms with van der Waals surface area (Å²) in [5.41, 5.74) is 3.01. The molecule has 4 rings (SSSR count). The molecule has 0 aliphatic carbocycles. The third-order valence-electron chi connectivity index (χ3n) is 5.77. The SMILES string of the molecule is Cn1nccc1-c1coc(C(=O)NC2CNCCC2c2ccccc2)c1.O=C(O)[C@H](O)[C@@H](O)C(=O)O. The van der Waals surface area contributed by atoms with Crippen LogP contribution in [0, 0.1) is 0 Å². The van der Waals surface area contributed by atoms with Crippen molar-refractivity contribution in [3.05, 3.63) is 66.2 Å². The molecule has 2 aromatic heterocycles. The van der Waals surface area contributed by atoms with Crippen LogP contribution >= 0.6 is 0 Å². The van der Waals surface area contributed by atoms with Gasteiger partial charge in [0.15, 0.2) is 18.0 Å². The van der Waals surface area contributed by atoms with E-state index in [4.69, 9.17) is 24.8 Å². The summed E-state index contributed by atoms with van der Waals surface area (Å²) < 4.78 is 7.27. The normalized spacial score (nSPS) is 18.9. The highest BCUT2D eigenvalue weighted by molar-refractivity contribution is 5.93. The van der Waals surface area contributed by atoms with Crippen LogP contribution in [0.3, 0.4) is 0 Å². The number of furan rings is 1. The summed E-state index contributed by atoms with van der Waals surface area (Å²) in [6.07, 6.45) is -0.220. The summed E-state index contributed by atoms with van der Waals surface area (Å²) >= 11 is 0. The second kappa shape index (κ2) is 12.1. The Morgan fingerprint density at radius 2 is 1.78 bits per heavy atom. The number of hydrogen-bond donors (Lipinski definition) is 6. The number of carboxylic acids is 2. The van der Waals surface area contributed by atoms with Gasteiger partial charge in [0.1, 0.15) is 6.26 Å². The van der Waals surface area contributed by atoms with Gasteiger partial charge in [-0.1, -0.05) is 30.3 Å². The van der Waals surface area contributed by atoms with E-state index in [-0.39, 0.29) is 11.9 Å². The summed E-state index contributed by atoms with van der Waals surface area (Å²) in [6.45, 7) is 1.71. The lowest BCUT2D eigenvalue weighted by Crippen LogP contribution is -2.49. The zero-order valence-corrected chi connectivity index (χ0v) is 19.4. The molecule has 6 N–H and O–H groups in total. The highest BCUT2D eigenvalue weighted by Crippen LogP contribution is 2.26. The van der Waals surface area contributed by atoms with Crippen LogP contribution < -0.4 is 10.6 Å². The monoisotopic (exact) mass is 500 g/mol. The molecule has 12 heteroatoms. The number of piperidine rings is 1. The van der Waals surface area contributed by atoms with E-state index in [9.17, 15) is 14.4 Å². The molecular formula is C24H28N4O8. The van der Waals surface area contributed by atoms with Gasteiger partial charge >= 0.3 is 11.9 Å². The topological polar surface area (TPSA) is 187 Å². The molecule has 36 heavy (non-hydrogen) atoms. The van der Waals surface area contributed by atoms with Gasteiger partial charge in [-0.25, -0.2) is 9.59 Å². The summed E-state index contributed by atoms with van der Waals surface area (Å²) in [7, 11) is 1.86. The van der Waals surface area contributed by atoms with E-state index in [0.717, 1.165) is 30.8 Å². The first-order valence-corrected chi connectivity index (χ1v) is 11.1. The first-order chi connectivity index (χ1) is 17.2. The average Bonchev–Trinajstić information content (AvgIpc) is 3.53. The summed E-state index contributed by atoms with van der Waals surface area (Å²) in [6, 6.07) is 14.0.